The summed E-state index contributed by atoms with van der Waals surface area (Å²) in [7, 11) is 0. The lowest BCUT2D eigenvalue weighted by Crippen LogP contribution is -2.11. The first-order valence-electron chi connectivity index (χ1n) is 5.97. The number of amidine groups is 1. The molecule has 0 aliphatic heterocycles. The predicted molar refractivity (Wildman–Crippen MR) is 79.9 cm³/mol. The van der Waals surface area contributed by atoms with Crippen molar-refractivity contribution < 1.29 is 9.66 Å². The lowest BCUT2D eigenvalue weighted by molar-refractivity contribution is -0.384. The maximum absolute atomic E-state index is 10.5. The Morgan fingerprint density at radius 2 is 1.95 bits per heavy atom. The Bertz CT molecular complexity index is 686. The smallest absolute Gasteiger partial charge is 0.269 e. The number of hydrogen-bond acceptors (Lipinski definition) is 4. The fourth-order valence-corrected chi connectivity index (χ4v) is 1.89. The van der Waals surface area contributed by atoms with Gasteiger partial charge in [0.1, 0.15) is 18.2 Å². The summed E-state index contributed by atoms with van der Waals surface area (Å²) < 4.78 is 5.52. The summed E-state index contributed by atoms with van der Waals surface area (Å²) in [6, 6.07) is 10.8. The number of nitro groups is 1. The number of nitrogens with zero attached hydrogens (tertiary/aromatic N) is 1. The monoisotopic (exact) mass is 305 g/mol. The average molecular weight is 306 g/mol. The molecule has 2 aromatic carbocycles. The van der Waals surface area contributed by atoms with Crippen LogP contribution in [0.25, 0.3) is 0 Å². The number of halogens is 1. The SMILES string of the molecule is N=C(N)c1ccc(COc2ccc([N+](=O)[O-])cc2)c(Cl)c1. The summed E-state index contributed by atoms with van der Waals surface area (Å²) in [4.78, 5) is 10.1. The Morgan fingerprint density at radius 3 is 2.48 bits per heavy atom. The molecule has 0 spiro atoms. The topological polar surface area (TPSA) is 102 Å². The average Bonchev–Trinajstić information content (AvgIpc) is 2.46. The van der Waals surface area contributed by atoms with Crippen molar-refractivity contribution in [2.75, 3.05) is 0 Å². The van der Waals surface area contributed by atoms with Crippen molar-refractivity contribution in [3.63, 3.8) is 0 Å². The standard InChI is InChI=1S/C14H12ClN3O3/c15-13-7-9(14(16)17)1-2-10(13)8-21-12-5-3-11(4-6-12)18(19)20/h1-7H,8H2,(H3,16,17). The van der Waals surface area contributed by atoms with E-state index in [9.17, 15) is 10.1 Å². The summed E-state index contributed by atoms with van der Waals surface area (Å²) in [6.07, 6.45) is 0. The molecule has 0 saturated carbocycles. The molecule has 0 atom stereocenters. The molecule has 2 aromatic rings. The van der Waals surface area contributed by atoms with Crippen molar-refractivity contribution in [1.82, 2.24) is 0 Å². The molecule has 3 N–H and O–H groups in total. The highest BCUT2D eigenvalue weighted by Gasteiger charge is 2.07. The third kappa shape index (κ3) is 3.70. The first-order valence-corrected chi connectivity index (χ1v) is 6.35. The van der Waals surface area contributed by atoms with Crippen molar-refractivity contribution in [1.29, 1.82) is 5.41 Å². The van der Waals surface area contributed by atoms with E-state index in [0.29, 0.717) is 16.3 Å². The van der Waals surface area contributed by atoms with Gasteiger partial charge in [-0.2, -0.15) is 0 Å². The van der Waals surface area contributed by atoms with E-state index in [-0.39, 0.29) is 18.1 Å². The fourth-order valence-electron chi connectivity index (χ4n) is 1.66. The maximum atomic E-state index is 10.5. The zero-order valence-corrected chi connectivity index (χ0v) is 11.6. The molecule has 0 amide bonds. The highest BCUT2D eigenvalue weighted by molar-refractivity contribution is 6.31. The Balaban J connectivity index is 2.06. The number of non-ortho nitro benzene ring substituents is 1. The fraction of sp³-hybridized carbons (Fsp3) is 0.0714. The van der Waals surface area contributed by atoms with Crippen molar-refractivity contribution in [2.45, 2.75) is 6.61 Å². The van der Waals surface area contributed by atoms with Crippen LogP contribution in [0, 0.1) is 15.5 Å². The van der Waals surface area contributed by atoms with E-state index in [0.717, 1.165) is 5.56 Å². The third-order valence-corrected chi connectivity index (χ3v) is 3.16. The molecule has 0 fully saturated rings. The third-order valence-electron chi connectivity index (χ3n) is 2.81. The first kappa shape index (κ1) is 14.8. The second kappa shape index (κ2) is 6.23. The summed E-state index contributed by atoms with van der Waals surface area (Å²) >= 11 is 6.08. The highest BCUT2D eigenvalue weighted by Crippen LogP contribution is 2.22. The van der Waals surface area contributed by atoms with Crippen LogP contribution in [0.5, 0.6) is 5.75 Å². The largest absolute Gasteiger partial charge is 0.489 e. The molecule has 0 radical (unpaired) electrons. The minimum atomic E-state index is -0.471. The molecule has 2 rings (SSSR count). The van der Waals surface area contributed by atoms with Crippen LogP contribution in [0.15, 0.2) is 42.5 Å². The molecule has 0 aromatic heterocycles. The number of nitrogens with one attached hydrogen (secondary N) is 1. The van der Waals surface area contributed by atoms with E-state index in [1.165, 1.54) is 24.3 Å². The molecule has 0 bridgehead atoms. The molecule has 0 aliphatic rings. The van der Waals surface area contributed by atoms with Gasteiger partial charge in [0.05, 0.1) is 4.92 Å². The molecular weight excluding hydrogens is 294 g/mol. The van der Waals surface area contributed by atoms with E-state index in [1.54, 1.807) is 18.2 Å². The molecular formula is C14H12ClN3O3. The van der Waals surface area contributed by atoms with E-state index < -0.39 is 4.92 Å². The van der Waals surface area contributed by atoms with Gasteiger partial charge in [-0.05, 0) is 18.2 Å². The minimum absolute atomic E-state index is 0.00573. The summed E-state index contributed by atoms with van der Waals surface area (Å²) in [5.74, 6) is 0.451. The Morgan fingerprint density at radius 1 is 1.29 bits per heavy atom. The van der Waals surface area contributed by atoms with Crippen molar-refractivity contribution in [3.05, 3.63) is 68.7 Å². The Labute approximate surface area is 125 Å². The van der Waals surface area contributed by atoms with Gasteiger partial charge in [0.15, 0.2) is 0 Å². The molecule has 0 heterocycles. The normalized spacial score (nSPS) is 10.1. The lowest BCUT2D eigenvalue weighted by Gasteiger charge is -2.09. The molecule has 0 unspecified atom stereocenters. The molecule has 21 heavy (non-hydrogen) atoms. The number of hydrogen-bond donors (Lipinski definition) is 2. The zero-order valence-electron chi connectivity index (χ0n) is 10.9. The number of nitro benzene ring substituents is 1. The van der Waals surface area contributed by atoms with Gasteiger partial charge < -0.3 is 10.5 Å². The zero-order chi connectivity index (χ0) is 15.4. The Kier molecular flexibility index (Phi) is 4.39. The summed E-state index contributed by atoms with van der Waals surface area (Å²) in [5.41, 5.74) is 6.66. The van der Waals surface area contributed by atoms with Crippen molar-refractivity contribution in [2.24, 2.45) is 5.73 Å². The van der Waals surface area contributed by atoms with Crippen LogP contribution in [-0.2, 0) is 6.61 Å². The second-order valence-electron chi connectivity index (χ2n) is 4.26. The lowest BCUT2D eigenvalue weighted by atomic mass is 10.1. The number of nitrogen functional groups attached to an aromatic ring is 1. The number of ether oxygens (including phenoxy) is 1. The van der Waals surface area contributed by atoms with Gasteiger partial charge >= 0.3 is 0 Å². The number of rotatable bonds is 5. The minimum Gasteiger partial charge on any atom is -0.489 e. The van der Waals surface area contributed by atoms with Crippen LogP contribution in [-0.4, -0.2) is 10.8 Å². The number of nitrogens with two attached hydrogens (primary N) is 1. The Hall–Kier alpha value is -2.60. The van der Waals surface area contributed by atoms with Crippen LogP contribution >= 0.6 is 11.6 Å². The van der Waals surface area contributed by atoms with E-state index in [2.05, 4.69) is 0 Å². The van der Waals surface area contributed by atoms with Gasteiger partial charge in [0, 0.05) is 28.3 Å². The highest BCUT2D eigenvalue weighted by atomic mass is 35.5. The second-order valence-corrected chi connectivity index (χ2v) is 4.67. The van der Waals surface area contributed by atoms with Gasteiger partial charge in [-0.1, -0.05) is 23.7 Å². The molecule has 0 aliphatic carbocycles. The van der Waals surface area contributed by atoms with E-state index in [1.807, 2.05) is 0 Å². The predicted octanol–water partition coefficient (Wildman–Crippen LogP) is 3.11. The molecule has 7 heteroatoms. The first-order chi connectivity index (χ1) is 9.97. The van der Waals surface area contributed by atoms with Crippen LogP contribution in [0.2, 0.25) is 5.02 Å². The van der Waals surface area contributed by atoms with Gasteiger partial charge in [-0.15, -0.1) is 0 Å². The van der Waals surface area contributed by atoms with Crippen LogP contribution in [0.1, 0.15) is 11.1 Å². The van der Waals surface area contributed by atoms with E-state index >= 15 is 0 Å². The van der Waals surface area contributed by atoms with Gasteiger partial charge in [-0.25, -0.2) is 0 Å². The summed E-state index contributed by atoms with van der Waals surface area (Å²) in [6.45, 7) is 0.217. The molecule has 0 saturated heterocycles. The van der Waals surface area contributed by atoms with Crippen LogP contribution < -0.4 is 10.5 Å². The maximum Gasteiger partial charge on any atom is 0.269 e. The molecule has 108 valence electrons. The van der Waals surface area contributed by atoms with Gasteiger partial charge in [0.2, 0.25) is 0 Å². The summed E-state index contributed by atoms with van der Waals surface area (Å²) in [5, 5.41) is 18.3. The van der Waals surface area contributed by atoms with Crippen molar-refractivity contribution in [3.8, 4) is 5.75 Å². The van der Waals surface area contributed by atoms with Gasteiger partial charge in [0.25, 0.3) is 5.69 Å². The van der Waals surface area contributed by atoms with Crippen molar-refractivity contribution >= 4 is 23.1 Å². The number of benzene rings is 2. The quantitative estimate of drug-likeness (QED) is 0.383. The van der Waals surface area contributed by atoms with E-state index in [4.69, 9.17) is 27.5 Å². The van der Waals surface area contributed by atoms with Crippen LogP contribution in [0.4, 0.5) is 5.69 Å². The van der Waals surface area contributed by atoms with Crippen LogP contribution in [0.3, 0.4) is 0 Å². The molecule has 6 nitrogen and oxygen atoms in total. The van der Waals surface area contributed by atoms with Gasteiger partial charge in [-0.3, -0.25) is 15.5 Å².